The standard InChI is InChI=1S/C12H13N3O3/c13-6-11-8-7-15(4-3-9(8)14-18-11)12(16)10-2-1-5-17-10/h1-2,5H,3-4,6-7,13H2. The van der Waals surface area contributed by atoms with Gasteiger partial charge in [0.05, 0.1) is 25.0 Å². The lowest BCUT2D eigenvalue weighted by atomic mass is 10.1. The molecule has 2 aromatic rings. The van der Waals surface area contributed by atoms with Crippen molar-refractivity contribution in [3.05, 3.63) is 41.2 Å². The maximum atomic E-state index is 12.1. The number of nitrogens with zero attached hydrogens (tertiary/aromatic N) is 2. The third-order valence-electron chi connectivity index (χ3n) is 3.12. The normalized spacial score (nSPS) is 14.6. The summed E-state index contributed by atoms with van der Waals surface area (Å²) >= 11 is 0. The van der Waals surface area contributed by atoms with Crippen LogP contribution in [0.2, 0.25) is 0 Å². The first kappa shape index (κ1) is 11.0. The molecule has 0 unspecified atom stereocenters. The number of carbonyl (C=O) groups is 1. The molecule has 0 bridgehead atoms. The number of fused-ring (bicyclic) bond motifs is 1. The maximum absolute atomic E-state index is 12.1. The molecule has 1 aliphatic heterocycles. The highest BCUT2D eigenvalue weighted by molar-refractivity contribution is 5.91. The Balaban J connectivity index is 1.84. The van der Waals surface area contributed by atoms with Gasteiger partial charge in [0.15, 0.2) is 11.5 Å². The lowest BCUT2D eigenvalue weighted by molar-refractivity contribution is 0.0701. The number of nitrogens with two attached hydrogens (primary N) is 1. The third-order valence-corrected chi connectivity index (χ3v) is 3.12. The summed E-state index contributed by atoms with van der Waals surface area (Å²) < 4.78 is 10.3. The van der Waals surface area contributed by atoms with Crippen LogP contribution < -0.4 is 5.73 Å². The second-order valence-electron chi connectivity index (χ2n) is 4.19. The molecule has 3 rings (SSSR count). The zero-order valence-electron chi connectivity index (χ0n) is 9.76. The second-order valence-corrected chi connectivity index (χ2v) is 4.19. The molecule has 2 aromatic heterocycles. The van der Waals surface area contributed by atoms with E-state index in [1.54, 1.807) is 17.0 Å². The molecule has 1 aliphatic rings. The van der Waals surface area contributed by atoms with E-state index in [2.05, 4.69) is 5.16 Å². The van der Waals surface area contributed by atoms with Crippen molar-refractivity contribution in [1.29, 1.82) is 0 Å². The van der Waals surface area contributed by atoms with E-state index < -0.39 is 0 Å². The van der Waals surface area contributed by atoms with Crippen LogP contribution in [0.4, 0.5) is 0 Å². The molecular weight excluding hydrogens is 234 g/mol. The van der Waals surface area contributed by atoms with Crippen LogP contribution in [0.1, 0.15) is 27.6 Å². The summed E-state index contributed by atoms with van der Waals surface area (Å²) in [4.78, 5) is 13.9. The predicted molar refractivity (Wildman–Crippen MR) is 61.5 cm³/mol. The molecule has 2 N–H and O–H groups in total. The van der Waals surface area contributed by atoms with E-state index in [-0.39, 0.29) is 5.91 Å². The van der Waals surface area contributed by atoms with Crippen LogP contribution in [-0.4, -0.2) is 22.5 Å². The highest BCUT2D eigenvalue weighted by atomic mass is 16.5. The molecule has 94 valence electrons. The van der Waals surface area contributed by atoms with Crippen LogP contribution in [0, 0.1) is 0 Å². The summed E-state index contributed by atoms with van der Waals surface area (Å²) in [5, 5.41) is 3.97. The Morgan fingerprint density at radius 3 is 3.17 bits per heavy atom. The Bertz CT molecular complexity index is 546. The zero-order valence-corrected chi connectivity index (χ0v) is 9.76. The zero-order chi connectivity index (χ0) is 12.5. The first-order chi connectivity index (χ1) is 8.79. The molecular formula is C12H13N3O3. The number of aromatic nitrogens is 1. The van der Waals surface area contributed by atoms with Crippen molar-refractivity contribution < 1.29 is 13.7 Å². The van der Waals surface area contributed by atoms with Crippen molar-refractivity contribution in [2.75, 3.05) is 6.54 Å². The molecule has 0 fully saturated rings. The number of carbonyl (C=O) groups excluding carboxylic acids is 1. The third kappa shape index (κ3) is 1.70. The van der Waals surface area contributed by atoms with Gasteiger partial charge in [-0.2, -0.15) is 0 Å². The summed E-state index contributed by atoms with van der Waals surface area (Å²) in [5.74, 6) is 0.890. The molecule has 3 heterocycles. The number of furan rings is 1. The van der Waals surface area contributed by atoms with Crippen LogP contribution in [0.25, 0.3) is 0 Å². The molecule has 6 nitrogen and oxygen atoms in total. The lowest BCUT2D eigenvalue weighted by Gasteiger charge is -2.25. The summed E-state index contributed by atoms with van der Waals surface area (Å²) in [6.45, 7) is 1.39. The fourth-order valence-electron chi connectivity index (χ4n) is 2.16. The minimum absolute atomic E-state index is 0.116. The summed E-state index contributed by atoms with van der Waals surface area (Å²) in [6, 6.07) is 3.36. The van der Waals surface area contributed by atoms with Crippen molar-refractivity contribution in [1.82, 2.24) is 10.1 Å². The van der Waals surface area contributed by atoms with Gasteiger partial charge in [-0.05, 0) is 12.1 Å². The van der Waals surface area contributed by atoms with E-state index in [9.17, 15) is 4.79 Å². The van der Waals surface area contributed by atoms with Crippen molar-refractivity contribution in [2.45, 2.75) is 19.5 Å². The van der Waals surface area contributed by atoms with E-state index in [0.717, 1.165) is 11.3 Å². The van der Waals surface area contributed by atoms with E-state index in [1.807, 2.05) is 0 Å². The SMILES string of the molecule is NCc1onc2c1CN(C(=O)c1ccco1)CC2. The van der Waals surface area contributed by atoms with Gasteiger partial charge in [0.25, 0.3) is 5.91 Å². The van der Waals surface area contributed by atoms with Gasteiger partial charge in [-0.15, -0.1) is 0 Å². The molecule has 0 radical (unpaired) electrons. The molecule has 0 atom stereocenters. The molecule has 1 amide bonds. The van der Waals surface area contributed by atoms with Gasteiger partial charge in [-0.25, -0.2) is 0 Å². The fraction of sp³-hybridized carbons (Fsp3) is 0.333. The molecule has 0 aliphatic carbocycles. The number of rotatable bonds is 2. The number of hydrogen-bond donors (Lipinski definition) is 1. The first-order valence-corrected chi connectivity index (χ1v) is 5.78. The van der Waals surface area contributed by atoms with Crippen LogP contribution in [0.15, 0.2) is 27.3 Å². The lowest BCUT2D eigenvalue weighted by Crippen LogP contribution is -2.36. The largest absolute Gasteiger partial charge is 0.459 e. The predicted octanol–water partition coefficient (Wildman–Crippen LogP) is 0.925. The molecule has 0 saturated carbocycles. The molecule has 0 saturated heterocycles. The minimum Gasteiger partial charge on any atom is -0.459 e. The Labute approximate surface area is 103 Å². The Morgan fingerprint density at radius 2 is 2.44 bits per heavy atom. The van der Waals surface area contributed by atoms with Crippen LogP contribution in [-0.2, 0) is 19.5 Å². The number of amides is 1. The highest BCUT2D eigenvalue weighted by Gasteiger charge is 2.27. The average Bonchev–Trinajstić information content (AvgIpc) is 3.06. The van der Waals surface area contributed by atoms with Crippen molar-refractivity contribution in [3.63, 3.8) is 0 Å². The number of hydrogen-bond acceptors (Lipinski definition) is 5. The van der Waals surface area contributed by atoms with Gasteiger partial charge < -0.3 is 19.6 Å². The average molecular weight is 247 g/mol. The minimum atomic E-state index is -0.116. The van der Waals surface area contributed by atoms with E-state index in [0.29, 0.717) is 37.6 Å². The smallest absolute Gasteiger partial charge is 0.289 e. The van der Waals surface area contributed by atoms with Gasteiger partial charge in [0.2, 0.25) is 0 Å². The maximum Gasteiger partial charge on any atom is 0.289 e. The Morgan fingerprint density at radius 1 is 1.56 bits per heavy atom. The fourth-order valence-corrected chi connectivity index (χ4v) is 2.16. The van der Waals surface area contributed by atoms with E-state index >= 15 is 0 Å². The summed E-state index contributed by atoms with van der Waals surface area (Å²) in [7, 11) is 0. The summed E-state index contributed by atoms with van der Waals surface area (Å²) in [5.41, 5.74) is 7.41. The van der Waals surface area contributed by atoms with Gasteiger partial charge in [0.1, 0.15) is 0 Å². The first-order valence-electron chi connectivity index (χ1n) is 5.78. The molecule has 0 spiro atoms. The van der Waals surface area contributed by atoms with Crippen LogP contribution in [0.5, 0.6) is 0 Å². The molecule has 6 heteroatoms. The topological polar surface area (TPSA) is 85.5 Å². The van der Waals surface area contributed by atoms with Crippen molar-refractivity contribution in [2.24, 2.45) is 5.73 Å². The quantitative estimate of drug-likeness (QED) is 0.853. The van der Waals surface area contributed by atoms with E-state index in [1.165, 1.54) is 6.26 Å². The van der Waals surface area contributed by atoms with E-state index in [4.69, 9.17) is 14.7 Å². The monoisotopic (exact) mass is 247 g/mol. The van der Waals surface area contributed by atoms with Gasteiger partial charge in [-0.3, -0.25) is 4.79 Å². The second kappa shape index (κ2) is 4.30. The Hall–Kier alpha value is -2.08. The molecule has 0 aromatic carbocycles. The van der Waals surface area contributed by atoms with Crippen LogP contribution >= 0.6 is 0 Å². The highest BCUT2D eigenvalue weighted by Crippen LogP contribution is 2.23. The summed E-state index contributed by atoms with van der Waals surface area (Å²) in [6.07, 6.45) is 2.18. The van der Waals surface area contributed by atoms with Gasteiger partial charge in [-0.1, -0.05) is 5.16 Å². The van der Waals surface area contributed by atoms with Gasteiger partial charge >= 0.3 is 0 Å². The Kier molecular flexibility index (Phi) is 2.64. The van der Waals surface area contributed by atoms with Crippen molar-refractivity contribution in [3.8, 4) is 0 Å². The molecule has 18 heavy (non-hydrogen) atoms. The van der Waals surface area contributed by atoms with Gasteiger partial charge in [0, 0.05) is 18.5 Å². The van der Waals surface area contributed by atoms with Crippen LogP contribution in [0.3, 0.4) is 0 Å². The van der Waals surface area contributed by atoms with Crippen molar-refractivity contribution >= 4 is 5.91 Å².